The van der Waals surface area contributed by atoms with E-state index in [1.54, 1.807) is 0 Å². The van der Waals surface area contributed by atoms with Crippen LogP contribution in [0.5, 0.6) is 0 Å². The molecular weight excluding hydrogens is 396 g/mol. The first-order valence-electron chi connectivity index (χ1n) is 10.9. The third-order valence-corrected chi connectivity index (χ3v) is 6.35. The van der Waals surface area contributed by atoms with E-state index >= 15 is 0 Å². The number of aromatic amines is 1. The van der Waals surface area contributed by atoms with E-state index in [4.69, 9.17) is 0 Å². The number of fused-ring (bicyclic) bond motifs is 3. The number of piperazine rings is 1. The summed E-state index contributed by atoms with van der Waals surface area (Å²) >= 11 is 0. The second-order valence-electron chi connectivity index (χ2n) is 8.50. The fourth-order valence-corrected chi connectivity index (χ4v) is 4.69. The van der Waals surface area contributed by atoms with Crippen molar-refractivity contribution in [2.24, 2.45) is 0 Å². The van der Waals surface area contributed by atoms with Gasteiger partial charge in [0.1, 0.15) is 5.69 Å². The van der Waals surface area contributed by atoms with E-state index in [0.29, 0.717) is 23.3 Å². The van der Waals surface area contributed by atoms with Crippen LogP contribution in [0, 0.1) is 11.8 Å². The SMILES string of the molecule is O=C(c1ccc2[nH]nc(C#Cc3ccccc3-c3ccccc3)c2c1)N1CC2CC(C1)N2. The molecule has 2 atom stereocenters. The molecule has 2 N–H and O–H groups in total. The van der Waals surface area contributed by atoms with Crippen LogP contribution in [0.15, 0.2) is 72.8 Å². The maximum Gasteiger partial charge on any atom is 0.253 e. The summed E-state index contributed by atoms with van der Waals surface area (Å²) in [5.74, 6) is 6.60. The maximum atomic E-state index is 13.1. The van der Waals surface area contributed by atoms with Crippen molar-refractivity contribution in [3.63, 3.8) is 0 Å². The van der Waals surface area contributed by atoms with Gasteiger partial charge in [0.25, 0.3) is 5.91 Å². The molecule has 5 heteroatoms. The smallest absolute Gasteiger partial charge is 0.253 e. The molecule has 4 heterocycles. The zero-order valence-corrected chi connectivity index (χ0v) is 17.5. The molecule has 3 aliphatic rings. The van der Waals surface area contributed by atoms with E-state index in [2.05, 4.69) is 45.6 Å². The van der Waals surface area contributed by atoms with Crippen LogP contribution in [0.1, 0.15) is 28.0 Å². The van der Waals surface area contributed by atoms with Crippen LogP contribution in [0.25, 0.3) is 22.0 Å². The summed E-state index contributed by atoms with van der Waals surface area (Å²) in [6, 6.07) is 25.0. The third-order valence-electron chi connectivity index (χ3n) is 6.35. The largest absolute Gasteiger partial charge is 0.336 e. The van der Waals surface area contributed by atoms with Crippen LogP contribution >= 0.6 is 0 Å². The molecule has 3 saturated heterocycles. The van der Waals surface area contributed by atoms with Crippen LogP contribution in [0.2, 0.25) is 0 Å². The molecular formula is C27H22N4O. The highest BCUT2D eigenvalue weighted by atomic mass is 16.2. The van der Waals surface area contributed by atoms with Crippen molar-refractivity contribution < 1.29 is 4.79 Å². The lowest BCUT2D eigenvalue weighted by Crippen LogP contribution is -2.67. The molecule has 1 amide bonds. The van der Waals surface area contributed by atoms with Crippen molar-refractivity contribution in [3.05, 3.63) is 89.6 Å². The second-order valence-corrected chi connectivity index (χ2v) is 8.50. The number of benzene rings is 3. The maximum absolute atomic E-state index is 13.1. The summed E-state index contributed by atoms with van der Waals surface area (Å²) in [7, 11) is 0. The number of carbonyl (C=O) groups is 1. The Balaban J connectivity index is 1.33. The van der Waals surface area contributed by atoms with Crippen molar-refractivity contribution in [2.45, 2.75) is 18.5 Å². The Hall–Kier alpha value is -3.88. The van der Waals surface area contributed by atoms with E-state index in [1.807, 2.05) is 59.5 Å². The van der Waals surface area contributed by atoms with E-state index in [-0.39, 0.29) is 5.91 Å². The quantitative estimate of drug-likeness (QED) is 0.487. The topological polar surface area (TPSA) is 61.0 Å². The zero-order chi connectivity index (χ0) is 21.5. The predicted octanol–water partition coefficient (Wildman–Crippen LogP) is 3.82. The van der Waals surface area contributed by atoms with Gasteiger partial charge in [-0.25, -0.2) is 0 Å². The first kappa shape index (κ1) is 18.9. The summed E-state index contributed by atoms with van der Waals surface area (Å²) < 4.78 is 0. The van der Waals surface area contributed by atoms with Gasteiger partial charge in [-0.3, -0.25) is 9.89 Å². The van der Waals surface area contributed by atoms with Crippen molar-refractivity contribution in [2.75, 3.05) is 13.1 Å². The lowest BCUT2D eigenvalue weighted by atomic mass is 9.91. The Kier molecular flexibility index (Phi) is 4.52. The summed E-state index contributed by atoms with van der Waals surface area (Å²) in [4.78, 5) is 15.0. The van der Waals surface area contributed by atoms with E-state index < -0.39 is 0 Å². The molecule has 2 bridgehead atoms. The lowest BCUT2D eigenvalue weighted by Gasteiger charge is -2.48. The molecule has 3 aliphatic heterocycles. The minimum Gasteiger partial charge on any atom is -0.336 e. The normalized spacial score (nSPS) is 19.2. The molecule has 4 aromatic rings. The molecule has 32 heavy (non-hydrogen) atoms. The van der Waals surface area contributed by atoms with E-state index in [9.17, 15) is 4.79 Å². The summed E-state index contributed by atoms with van der Waals surface area (Å²) in [6.07, 6.45) is 1.18. The number of amides is 1. The van der Waals surface area contributed by atoms with E-state index in [1.165, 1.54) is 6.42 Å². The Bertz CT molecular complexity index is 1360. The predicted molar refractivity (Wildman–Crippen MR) is 125 cm³/mol. The van der Waals surface area contributed by atoms with Crippen molar-refractivity contribution >= 4 is 16.8 Å². The number of H-pyrrole nitrogens is 1. The highest BCUT2D eigenvalue weighted by Gasteiger charge is 2.38. The number of rotatable bonds is 2. The monoisotopic (exact) mass is 418 g/mol. The van der Waals surface area contributed by atoms with E-state index in [0.717, 1.165) is 40.7 Å². The number of nitrogens with one attached hydrogen (secondary N) is 2. The summed E-state index contributed by atoms with van der Waals surface area (Å²) in [5.41, 5.74) is 5.39. The van der Waals surface area contributed by atoms with Gasteiger partial charge in [0, 0.05) is 41.7 Å². The Morgan fingerprint density at radius 3 is 2.50 bits per heavy atom. The molecule has 7 rings (SSSR count). The molecule has 0 saturated carbocycles. The van der Waals surface area contributed by atoms with Gasteiger partial charge in [0.15, 0.2) is 0 Å². The van der Waals surface area contributed by atoms with Gasteiger partial charge >= 0.3 is 0 Å². The van der Waals surface area contributed by atoms with Gasteiger partial charge in [0.2, 0.25) is 0 Å². The molecule has 0 spiro atoms. The minimum atomic E-state index is 0.0811. The molecule has 3 fully saturated rings. The highest BCUT2D eigenvalue weighted by Crippen LogP contribution is 2.25. The summed E-state index contributed by atoms with van der Waals surface area (Å²) in [6.45, 7) is 1.56. The Morgan fingerprint density at radius 2 is 1.69 bits per heavy atom. The Labute approximate surface area is 186 Å². The number of carbonyl (C=O) groups excluding carboxylic acids is 1. The van der Waals surface area contributed by atoms with Gasteiger partial charge in [-0.05, 0) is 47.7 Å². The van der Waals surface area contributed by atoms with Crippen molar-refractivity contribution in [3.8, 4) is 23.0 Å². The number of aromatic nitrogens is 2. The fourth-order valence-electron chi connectivity index (χ4n) is 4.69. The number of piperidine rings is 1. The van der Waals surface area contributed by atoms with Gasteiger partial charge in [0.05, 0.1) is 5.52 Å². The zero-order valence-electron chi connectivity index (χ0n) is 17.5. The summed E-state index contributed by atoms with van der Waals surface area (Å²) in [5, 5.41) is 11.8. The van der Waals surface area contributed by atoms with Crippen LogP contribution in [0.4, 0.5) is 0 Å². The molecule has 1 aromatic heterocycles. The second kappa shape index (κ2) is 7.67. The number of hydrogen-bond donors (Lipinski definition) is 2. The molecule has 156 valence electrons. The number of hydrogen-bond acceptors (Lipinski definition) is 3. The van der Waals surface area contributed by atoms with Crippen LogP contribution in [-0.2, 0) is 0 Å². The lowest BCUT2D eigenvalue weighted by molar-refractivity contribution is 0.0474. The average Bonchev–Trinajstić information content (AvgIpc) is 3.25. The van der Waals surface area contributed by atoms with Crippen LogP contribution < -0.4 is 5.32 Å². The first-order valence-corrected chi connectivity index (χ1v) is 10.9. The van der Waals surface area contributed by atoms with Gasteiger partial charge in [-0.1, -0.05) is 54.5 Å². The number of nitrogens with zero attached hydrogens (tertiary/aromatic N) is 2. The third kappa shape index (κ3) is 3.35. The molecule has 3 aromatic carbocycles. The van der Waals surface area contributed by atoms with Gasteiger partial charge in [-0.15, -0.1) is 0 Å². The molecule has 0 radical (unpaired) electrons. The molecule has 0 aliphatic carbocycles. The van der Waals surface area contributed by atoms with Crippen molar-refractivity contribution in [1.29, 1.82) is 0 Å². The molecule has 5 nitrogen and oxygen atoms in total. The standard InChI is InChI=1S/C27H22N4O/c32-27(31-16-21-15-22(17-31)28-21)20-11-13-26-24(14-20)25(29-30-26)12-10-19-8-4-5-9-23(19)18-6-2-1-3-7-18/h1-9,11,13-14,21-22,28H,15-17H2,(H,29,30). The Morgan fingerprint density at radius 1 is 0.938 bits per heavy atom. The van der Waals surface area contributed by atoms with Crippen LogP contribution in [-0.4, -0.2) is 46.2 Å². The van der Waals surface area contributed by atoms with Gasteiger partial charge < -0.3 is 10.2 Å². The average molecular weight is 419 g/mol. The van der Waals surface area contributed by atoms with Gasteiger partial charge in [-0.2, -0.15) is 5.10 Å². The first-order chi connectivity index (χ1) is 15.7. The highest BCUT2D eigenvalue weighted by molar-refractivity contribution is 5.99. The van der Waals surface area contributed by atoms with Crippen molar-refractivity contribution in [1.82, 2.24) is 20.4 Å². The van der Waals surface area contributed by atoms with Crippen LogP contribution in [0.3, 0.4) is 0 Å². The fraction of sp³-hybridized carbons (Fsp3) is 0.185. The molecule has 2 unspecified atom stereocenters. The minimum absolute atomic E-state index is 0.0811.